The van der Waals surface area contributed by atoms with Crippen molar-refractivity contribution in [1.29, 1.82) is 0 Å². The molecule has 0 aliphatic carbocycles. The number of hydrogen-bond donors (Lipinski definition) is 1. The fourth-order valence-electron chi connectivity index (χ4n) is 1.62. The van der Waals surface area contributed by atoms with E-state index in [1.807, 2.05) is 24.3 Å². The third-order valence-corrected chi connectivity index (χ3v) is 2.45. The molecule has 0 atom stereocenters. The number of nitrogens with one attached hydrogen (secondary N) is 1. The number of nitrogens with zero attached hydrogens (tertiary/aromatic N) is 1. The second-order valence-electron chi connectivity index (χ2n) is 3.30. The molecule has 17 heavy (non-hydrogen) atoms. The zero-order valence-corrected chi connectivity index (χ0v) is 9.95. The van der Waals surface area contributed by atoms with Gasteiger partial charge in [-0.25, -0.2) is 4.79 Å². The van der Waals surface area contributed by atoms with Gasteiger partial charge in [-0.3, -0.25) is 4.99 Å². The first-order valence-electron chi connectivity index (χ1n) is 4.94. The predicted molar refractivity (Wildman–Crippen MR) is 71.4 cm³/mol. The van der Waals surface area contributed by atoms with Crippen molar-refractivity contribution in [1.82, 2.24) is 4.98 Å². The molecule has 86 valence electrons. The van der Waals surface area contributed by atoms with E-state index < -0.39 is 5.97 Å². The average Bonchev–Trinajstić information content (AvgIpc) is 2.74. The molecule has 0 unspecified atom stereocenters. The van der Waals surface area contributed by atoms with Crippen LogP contribution in [-0.4, -0.2) is 29.6 Å². The number of fused-ring (bicyclic) bond motifs is 1. The average molecular weight is 246 g/mol. The first kappa shape index (κ1) is 11.5. The molecule has 0 amide bonds. The van der Waals surface area contributed by atoms with Crippen LogP contribution in [0.2, 0.25) is 0 Å². The zero-order valence-electron chi connectivity index (χ0n) is 9.14. The van der Waals surface area contributed by atoms with Crippen molar-refractivity contribution in [3.8, 4) is 0 Å². The van der Waals surface area contributed by atoms with Gasteiger partial charge in [0.15, 0.2) is 5.69 Å². The van der Waals surface area contributed by atoms with E-state index in [2.05, 4.69) is 22.2 Å². The highest BCUT2D eigenvalue weighted by Gasteiger charge is 2.16. The fourth-order valence-corrected chi connectivity index (χ4v) is 1.68. The molecule has 0 aliphatic heterocycles. The van der Waals surface area contributed by atoms with E-state index in [4.69, 9.17) is 4.74 Å². The van der Waals surface area contributed by atoms with Gasteiger partial charge in [0, 0.05) is 22.5 Å². The summed E-state index contributed by atoms with van der Waals surface area (Å²) in [7, 11) is 1.33. The summed E-state index contributed by atoms with van der Waals surface area (Å²) < 4.78 is 4.71. The smallest absolute Gasteiger partial charge is 0.356 e. The minimum Gasteiger partial charge on any atom is -0.464 e. The quantitative estimate of drug-likeness (QED) is 0.514. The van der Waals surface area contributed by atoms with Gasteiger partial charge in [0.05, 0.1) is 7.11 Å². The van der Waals surface area contributed by atoms with Gasteiger partial charge in [-0.2, -0.15) is 0 Å². The SMILES string of the molecule is COC(=O)c1[nH]c2ccccc2c1N=CC=S. The van der Waals surface area contributed by atoms with Crippen LogP contribution in [0.25, 0.3) is 10.9 Å². The molecule has 0 spiro atoms. The van der Waals surface area contributed by atoms with E-state index in [-0.39, 0.29) is 0 Å². The van der Waals surface area contributed by atoms with Gasteiger partial charge in [0.1, 0.15) is 5.69 Å². The number of carbonyl (C=O) groups excluding carboxylic acids is 1. The Balaban J connectivity index is 2.68. The molecule has 0 radical (unpaired) electrons. The van der Waals surface area contributed by atoms with Crippen LogP contribution in [0, 0.1) is 0 Å². The number of aromatic amines is 1. The van der Waals surface area contributed by atoms with Gasteiger partial charge in [0.2, 0.25) is 0 Å². The summed E-state index contributed by atoms with van der Waals surface area (Å²) in [5.41, 5.74) is 1.72. The maximum atomic E-state index is 11.6. The van der Waals surface area contributed by atoms with Gasteiger partial charge in [-0.15, -0.1) is 0 Å². The third-order valence-electron chi connectivity index (χ3n) is 2.33. The Bertz CT molecular complexity index is 602. The molecule has 0 bridgehead atoms. The number of thiocarbonyl (C=S) groups is 1. The van der Waals surface area contributed by atoms with Gasteiger partial charge >= 0.3 is 5.97 Å². The molecule has 4 nitrogen and oxygen atoms in total. The number of aromatic nitrogens is 1. The molecule has 2 aromatic rings. The summed E-state index contributed by atoms with van der Waals surface area (Å²) in [5.74, 6) is -0.447. The minimum atomic E-state index is -0.447. The van der Waals surface area contributed by atoms with Crippen LogP contribution in [0.5, 0.6) is 0 Å². The number of hydrogen-bond acceptors (Lipinski definition) is 4. The lowest BCUT2D eigenvalue weighted by atomic mass is 10.2. The summed E-state index contributed by atoms with van der Waals surface area (Å²) in [5, 5.41) is 2.25. The highest BCUT2D eigenvalue weighted by Crippen LogP contribution is 2.30. The third kappa shape index (κ3) is 2.09. The second kappa shape index (κ2) is 4.88. The Morgan fingerprint density at radius 3 is 2.94 bits per heavy atom. The van der Waals surface area contributed by atoms with Crippen molar-refractivity contribution in [3.63, 3.8) is 0 Å². The molecule has 1 heterocycles. The van der Waals surface area contributed by atoms with Crippen LogP contribution in [0.15, 0.2) is 29.3 Å². The van der Waals surface area contributed by atoms with Gasteiger partial charge < -0.3 is 9.72 Å². The maximum Gasteiger partial charge on any atom is 0.356 e. The first-order chi connectivity index (χ1) is 8.27. The summed E-state index contributed by atoms with van der Waals surface area (Å²) in [6.07, 6.45) is 1.47. The standard InChI is InChI=1S/C12H10N2O2S/c1-16-12(15)11-10(13-6-7-17)8-4-2-3-5-9(8)14-11/h2-7,14H,1H3. The van der Waals surface area contributed by atoms with E-state index in [9.17, 15) is 4.79 Å². The van der Waals surface area contributed by atoms with Crippen LogP contribution in [0.3, 0.4) is 0 Å². The Kier molecular flexibility index (Phi) is 3.30. The van der Waals surface area contributed by atoms with Gasteiger partial charge in [-0.05, 0) is 6.07 Å². The largest absolute Gasteiger partial charge is 0.464 e. The summed E-state index contributed by atoms with van der Waals surface area (Å²) in [6, 6.07) is 7.52. The summed E-state index contributed by atoms with van der Waals surface area (Å²) >= 11 is 4.68. The van der Waals surface area contributed by atoms with Crippen molar-refractivity contribution < 1.29 is 9.53 Å². The molecule has 1 aromatic heterocycles. The summed E-state index contributed by atoms with van der Waals surface area (Å²) in [4.78, 5) is 18.8. The van der Waals surface area contributed by atoms with Crippen LogP contribution < -0.4 is 0 Å². The molecular formula is C12H10N2O2S. The van der Waals surface area contributed by atoms with Crippen molar-refractivity contribution in [2.45, 2.75) is 0 Å². The van der Waals surface area contributed by atoms with E-state index in [0.29, 0.717) is 11.4 Å². The summed E-state index contributed by atoms with van der Waals surface area (Å²) in [6.45, 7) is 0. The highest BCUT2D eigenvalue weighted by molar-refractivity contribution is 7.80. The monoisotopic (exact) mass is 246 g/mol. The van der Waals surface area contributed by atoms with E-state index in [1.165, 1.54) is 18.7 Å². The number of aliphatic imine (C=N–C) groups is 1. The number of carbonyl (C=O) groups is 1. The number of benzene rings is 1. The van der Waals surface area contributed by atoms with Gasteiger partial charge in [-0.1, -0.05) is 30.4 Å². The lowest BCUT2D eigenvalue weighted by Gasteiger charge is -1.96. The second-order valence-corrected chi connectivity index (χ2v) is 3.57. The van der Waals surface area contributed by atoms with E-state index in [1.54, 1.807) is 0 Å². The van der Waals surface area contributed by atoms with E-state index in [0.717, 1.165) is 10.9 Å². The van der Waals surface area contributed by atoms with Crippen LogP contribution >= 0.6 is 12.2 Å². The number of methoxy groups -OCH3 is 1. The molecular weight excluding hydrogens is 236 g/mol. The maximum absolute atomic E-state index is 11.6. The van der Waals surface area contributed by atoms with Crippen molar-refractivity contribution >= 4 is 46.4 Å². The molecule has 1 aromatic carbocycles. The molecule has 1 N–H and O–H groups in total. The first-order valence-corrected chi connectivity index (χ1v) is 5.42. The Morgan fingerprint density at radius 2 is 2.24 bits per heavy atom. The number of ether oxygens (including phenoxy) is 1. The molecule has 0 saturated carbocycles. The molecule has 0 aliphatic rings. The normalized spacial score (nSPS) is 10.9. The van der Waals surface area contributed by atoms with Crippen LogP contribution in [0.4, 0.5) is 5.69 Å². The van der Waals surface area contributed by atoms with Crippen molar-refractivity contribution in [3.05, 3.63) is 30.0 Å². The molecule has 5 heteroatoms. The Hall–Kier alpha value is -2.01. The van der Waals surface area contributed by atoms with Crippen molar-refractivity contribution in [2.75, 3.05) is 7.11 Å². The topological polar surface area (TPSA) is 54.5 Å². The zero-order chi connectivity index (χ0) is 12.3. The number of esters is 1. The lowest BCUT2D eigenvalue weighted by molar-refractivity contribution is 0.0596. The molecule has 0 saturated heterocycles. The van der Waals surface area contributed by atoms with Crippen LogP contribution in [-0.2, 0) is 4.74 Å². The predicted octanol–water partition coefficient (Wildman–Crippen LogP) is 2.66. The number of rotatable bonds is 3. The van der Waals surface area contributed by atoms with E-state index >= 15 is 0 Å². The highest BCUT2D eigenvalue weighted by atomic mass is 32.1. The fraction of sp³-hybridized carbons (Fsp3) is 0.0833. The Labute approximate surface area is 103 Å². The minimum absolute atomic E-state index is 0.335. The lowest BCUT2D eigenvalue weighted by Crippen LogP contribution is -2.01. The number of H-pyrrole nitrogens is 1. The molecule has 2 rings (SSSR count). The van der Waals surface area contributed by atoms with Crippen LogP contribution in [0.1, 0.15) is 10.5 Å². The number of para-hydroxylation sites is 1. The van der Waals surface area contributed by atoms with Crippen molar-refractivity contribution in [2.24, 2.45) is 4.99 Å². The molecule has 0 fully saturated rings. The Morgan fingerprint density at radius 1 is 1.47 bits per heavy atom. The van der Waals surface area contributed by atoms with Gasteiger partial charge in [0.25, 0.3) is 0 Å².